The van der Waals surface area contributed by atoms with E-state index >= 15 is 0 Å². The number of hydrogen-bond donors (Lipinski definition) is 2. The van der Waals surface area contributed by atoms with Crippen LogP contribution in [0.5, 0.6) is 0 Å². The van der Waals surface area contributed by atoms with Crippen LogP contribution in [0, 0.1) is 0 Å². The fraction of sp³-hybridized carbons (Fsp3) is 1.00. The zero-order valence-corrected chi connectivity index (χ0v) is 10.4. The first kappa shape index (κ1) is 12.9. The zero-order valence-electron chi connectivity index (χ0n) is 10.4. The maximum atomic E-state index is 9.17. The summed E-state index contributed by atoms with van der Waals surface area (Å²) in [7, 11) is 4.36. The Bertz CT molecular complexity index is 174. The Labute approximate surface area is 93.9 Å². The van der Waals surface area contributed by atoms with Crippen LogP contribution in [0.4, 0.5) is 0 Å². The highest BCUT2D eigenvalue weighted by atomic mass is 16.3. The molecule has 1 aliphatic rings. The summed E-state index contributed by atoms with van der Waals surface area (Å²) in [5.74, 6) is 0. The van der Waals surface area contributed by atoms with Crippen molar-refractivity contribution in [2.24, 2.45) is 0 Å². The summed E-state index contributed by atoms with van der Waals surface area (Å²) in [6, 6.07) is 0. The normalized spacial score (nSPS) is 22.2. The molecule has 1 rings (SSSR count). The predicted molar refractivity (Wildman–Crippen MR) is 64.1 cm³/mol. The molecule has 0 amide bonds. The van der Waals surface area contributed by atoms with Gasteiger partial charge in [-0.15, -0.1) is 0 Å². The maximum absolute atomic E-state index is 9.17. The van der Waals surface area contributed by atoms with Gasteiger partial charge in [-0.1, -0.05) is 12.8 Å². The summed E-state index contributed by atoms with van der Waals surface area (Å²) < 4.78 is 0. The predicted octanol–water partition coefficient (Wildman–Crippen LogP) is 1.22. The van der Waals surface area contributed by atoms with Crippen molar-refractivity contribution in [2.75, 3.05) is 27.2 Å². The molecule has 0 aromatic carbocycles. The van der Waals surface area contributed by atoms with E-state index in [1.807, 2.05) is 6.92 Å². The highest BCUT2D eigenvalue weighted by Gasteiger charge is 2.35. The zero-order chi connectivity index (χ0) is 11.3. The SMILES string of the molecule is CC(O)CCNCC1(N(C)C)CCCC1. The summed E-state index contributed by atoms with van der Waals surface area (Å²) in [5.41, 5.74) is 0.374. The molecule has 2 N–H and O–H groups in total. The van der Waals surface area contributed by atoms with Gasteiger partial charge in [0, 0.05) is 12.1 Å². The van der Waals surface area contributed by atoms with Gasteiger partial charge < -0.3 is 15.3 Å². The molecule has 15 heavy (non-hydrogen) atoms. The molecule has 0 bridgehead atoms. The van der Waals surface area contributed by atoms with Crippen LogP contribution in [-0.4, -0.2) is 48.8 Å². The molecule has 0 heterocycles. The van der Waals surface area contributed by atoms with Gasteiger partial charge in [-0.3, -0.25) is 0 Å². The first-order chi connectivity index (χ1) is 7.07. The van der Waals surface area contributed by atoms with Gasteiger partial charge >= 0.3 is 0 Å². The van der Waals surface area contributed by atoms with Gasteiger partial charge in [-0.25, -0.2) is 0 Å². The van der Waals surface area contributed by atoms with Gasteiger partial charge in [0.25, 0.3) is 0 Å². The molecule has 1 unspecified atom stereocenters. The van der Waals surface area contributed by atoms with Gasteiger partial charge in [-0.05, 0) is 46.8 Å². The van der Waals surface area contributed by atoms with Crippen LogP contribution in [0.3, 0.4) is 0 Å². The van der Waals surface area contributed by atoms with Crippen LogP contribution in [0.25, 0.3) is 0 Å². The minimum atomic E-state index is -0.184. The number of likely N-dealkylation sites (N-methyl/N-ethyl adjacent to an activating group) is 1. The van der Waals surface area contributed by atoms with Crippen molar-refractivity contribution in [3.8, 4) is 0 Å². The van der Waals surface area contributed by atoms with Gasteiger partial charge in [0.15, 0.2) is 0 Å². The van der Waals surface area contributed by atoms with E-state index in [2.05, 4.69) is 24.3 Å². The Morgan fingerprint density at radius 1 is 1.33 bits per heavy atom. The van der Waals surface area contributed by atoms with Crippen LogP contribution in [-0.2, 0) is 0 Å². The monoisotopic (exact) mass is 214 g/mol. The van der Waals surface area contributed by atoms with E-state index in [9.17, 15) is 0 Å². The quantitative estimate of drug-likeness (QED) is 0.653. The third-order valence-electron chi connectivity index (χ3n) is 3.68. The van der Waals surface area contributed by atoms with Crippen LogP contribution in [0.1, 0.15) is 39.0 Å². The van der Waals surface area contributed by atoms with E-state index < -0.39 is 0 Å². The number of hydrogen-bond acceptors (Lipinski definition) is 3. The number of nitrogens with zero attached hydrogens (tertiary/aromatic N) is 1. The average Bonchev–Trinajstić information content (AvgIpc) is 2.62. The van der Waals surface area contributed by atoms with Crippen LogP contribution in [0.2, 0.25) is 0 Å². The Balaban J connectivity index is 2.27. The first-order valence-corrected chi connectivity index (χ1v) is 6.13. The molecule has 1 fully saturated rings. The third-order valence-corrected chi connectivity index (χ3v) is 3.68. The molecule has 0 aliphatic heterocycles. The third kappa shape index (κ3) is 3.74. The molecular formula is C12H26N2O. The number of rotatable bonds is 6. The lowest BCUT2D eigenvalue weighted by Gasteiger charge is -2.36. The van der Waals surface area contributed by atoms with Crippen LogP contribution < -0.4 is 5.32 Å². The lowest BCUT2D eigenvalue weighted by molar-refractivity contribution is 0.147. The highest BCUT2D eigenvalue weighted by molar-refractivity contribution is 4.94. The van der Waals surface area contributed by atoms with Gasteiger partial charge in [0.05, 0.1) is 6.10 Å². The van der Waals surface area contributed by atoms with Crippen molar-refractivity contribution < 1.29 is 5.11 Å². The van der Waals surface area contributed by atoms with Crippen LogP contribution >= 0.6 is 0 Å². The van der Waals surface area contributed by atoms with Crippen molar-refractivity contribution in [3.63, 3.8) is 0 Å². The van der Waals surface area contributed by atoms with E-state index in [0.717, 1.165) is 19.5 Å². The molecule has 0 radical (unpaired) electrons. The lowest BCUT2D eigenvalue weighted by atomic mass is 9.96. The largest absolute Gasteiger partial charge is 0.393 e. The molecule has 0 spiro atoms. The van der Waals surface area contributed by atoms with Crippen molar-refractivity contribution in [3.05, 3.63) is 0 Å². The van der Waals surface area contributed by atoms with E-state index in [4.69, 9.17) is 5.11 Å². The molecule has 1 aliphatic carbocycles. The molecule has 0 aromatic heterocycles. The van der Waals surface area contributed by atoms with Crippen molar-refractivity contribution in [1.29, 1.82) is 0 Å². The Morgan fingerprint density at radius 3 is 2.40 bits per heavy atom. The number of aliphatic hydroxyl groups is 1. The lowest BCUT2D eigenvalue weighted by Crippen LogP contribution is -2.49. The van der Waals surface area contributed by atoms with E-state index in [-0.39, 0.29) is 6.10 Å². The molecule has 3 nitrogen and oxygen atoms in total. The topological polar surface area (TPSA) is 35.5 Å². The average molecular weight is 214 g/mol. The molecule has 0 aromatic rings. The fourth-order valence-electron chi connectivity index (χ4n) is 2.45. The smallest absolute Gasteiger partial charge is 0.0524 e. The van der Waals surface area contributed by atoms with Crippen molar-refractivity contribution in [1.82, 2.24) is 10.2 Å². The second-order valence-corrected chi connectivity index (χ2v) is 5.14. The van der Waals surface area contributed by atoms with E-state index in [1.165, 1.54) is 25.7 Å². The standard InChI is InChI=1S/C12H26N2O/c1-11(15)6-9-13-10-12(14(2)3)7-4-5-8-12/h11,13,15H,4-10H2,1-3H3. The first-order valence-electron chi connectivity index (χ1n) is 6.13. The molecular weight excluding hydrogens is 188 g/mol. The number of nitrogens with one attached hydrogen (secondary N) is 1. The minimum absolute atomic E-state index is 0.184. The molecule has 0 saturated heterocycles. The Kier molecular flexibility index (Phi) is 5.03. The second kappa shape index (κ2) is 5.83. The van der Waals surface area contributed by atoms with Crippen molar-refractivity contribution >= 4 is 0 Å². The fourth-order valence-corrected chi connectivity index (χ4v) is 2.45. The molecule has 3 heteroatoms. The van der Waals surface area contributed by atoms with Crippen molar-refractivity contribution in [2.45, 2.75) is 50.7 Å². The maximum Gasteiger partial charge on any atom is 0.0524 e. The highest BCUT2D eigenvalue weighted by Crippen LogP contribution is 2.32. The molecule has 90 valence electrons. The second-order valence-electron chi connectivity index (χ2n) is 5.14. The van der Waals surface area contributed by atoms with Crippen LogP contribution in [0.15, 0.2) is 0 Å². The Morgan fingerprint density at radius 2 is 1.93 bits per heavy atom. The Hall–Kier alpha value is -0.120. The molecule has 1 saturated carbocycles. The summed E-state index contributed by atoms with van der Waals surface area (Å²) in [4.78, 5) is 2.37. The minimum Gasteiger partial charge on any atom is -0.393 e. The van der Waals surface area contributed by atoms with Gasteiger partial charge in [-0.2, -0.15) is 0 Å². The number of aliphatic hydroxyl groups excluding tert-OH is 1. The van der Waals surface area contributed by atoms with Gasteiger partial charge in [0.2, 0.25) is 0 Å². The van der Waals surface area contributed by atoms with Gasteiger partial charge in [0.1, 0.15) is 0 Å². The molecule has 1 atom stereocenters. The van der Waals surface area contributed by atoms with E-state index in [0.29, 0.717) is 5.54 Å². The van der Waals surface area contributed by atoms with E-state index in [1.54, 1.807) is 0 Å². The summed E-state index contributed by atoms with van der Waals surface area (Å²) in [6.07, 6.45) is 6.00. The summed E-state index contributed by atoms with van der Waals surface area (Å²) >= 11 is 0. The summed E-state index contributed by atoms with van der Waals surface area (Å²) in [6.45, 7) is 3.83. The summed E-state index contributed by atoms with van der Waals surface area (Å²) in [5, 5.41) is 12.6.